The van der Waals surface area contributed by atoms with Gasteiger partial charge >= 0.3 is 0 Å². The number of hydrogen-bond donors (Lipinski definition) is 2. The normalized spacial score (nSPS) is 18.9. The molecule has 7 heteroatoms. The molecule has 0 aliphatic carbocycles. The van der Waals surface area contributed by atoms with Crippen LogP contribution in [0.1, 0.15) is 39.5 Å². The van der Waals surface area contributed by atoms with Gasteiger partial charge in [0, 0.05) is 26.1 Å². The molecule has 6 nitrogen and oxygen atoms in total. The van der Waals surface area contributed by atoms with E-state index in [0.717, 1.165) is 44.9 Å². The second kappa shape index (κ2) is 11.0. The van der Waals surface area contributed by atoms with Crippen molar-refractivity contribution in [2.75, 3.05) is 26.2 Å². The largest absolute Gasteiger partial charge is 0.487 e. The fourth-order valence-electron chi connectivity index (χ4n) is 3.29. The van der Waals surface area contributed by atoms with Crippen LogP contribution in [0.2, 0.25) is 5.02 Å². The number of rotatable bonds is 8. The molecular formula is C20H31ClN4O2. The van der Waals surface area contributed by atoms with Gasteiger partial charge in [-0.1, -0.05) is 30.7 Å². The number of guanidine groups is 1. The zero-order chi connectivity index (χ0) is 19.6. The summed E-state index contributed by atoms with van der Waals surface area (Å²) < 4.78 is 6.04. The molecule has 0 aromatic heterocycles. The van der Waals surface area contributed by atoms with Crippen LogP contribution in [-0.4, -0.2) is 49.0 Å². The average Bonchev–Trinajstić information content (AvgIpc) is 2.65. The van der Waals surface area contributed by atoms with Gasteiger partial charge in [0.1, 0.15) is 11.9 Å². The Balaban J connectivity index is 2.02. The minimum Gasteiger partial charge on any atom is -0.487 e. The monoisotopic (exact) mass is 394 g/mol. The van der Waals surface area contributed by atoms with Crippen LogP contribution in [0.15, 0.2) is 29.3 Å². The van der Waals surface area contributed by atoms with E-state index in [1.807, 2.05) is 24.3 Å². The van der Waals surface area contributed by atoms with Crippen molar-refractivity contribution in [3.05, 3.63) is 29.3 Å². The molecule has 1 aromatic rings. The minimum absolute atomic E-state index is 0.0511. The van der Waals surface area contributed by atoms with E-state index in [0.29, 0.717) is 29.7 Å². The zero-order valence-electron chi connectivity index (χ0n) is 16.3. The van der Waals surface area contributed by atoms with Crippen LogP contribution in [0.5, 0.6) is 5.75 Å². The quantitative estimate of drug-likeness (QED) is 0.524. The first kappa shape index (κ1) is 21.4. The van der Waals surface area contributed by atoms with Crippen LogP contribution < -0.4 is 15.8 Å². The van der Waals surface area contributed by atoms with Gasteiger partial charge in [0.2, 0.25) is 5.91 Å². The molecule has 2 rings (SSSR count). The number of carbonyl (C=O) groups excluding carboxylic acids is 1. The molecule has 1 aliphatic rings. The Bertz CT molecular complexity index is 638. The summed E-state index contributed by atoms with van der Waals surface area (Å²) in [5.74, 6) is 1.61. The average molecular weight is 395 g/mol. The highest BCUT2D eigenvalue weighted by molar-refractivity contribution is 6.32. The van der Waals surface area contributed by atoms with Crippen LogP contribution in [0.3, 0.4) is 0 Å². The van der Waals surface area contributed by atoms with Gasteiger partial charge in [-0.15, -0.1) is 0 Å². The summed E-state index contributed by atoms with van der Waals surface area (Å²) in [6.45, 7) is 7.20. The first-order chi connectivity index (χ1) is 13.0. The number of hydrogen-bond acceptors (Lipinski definition) is 3. The second-order valence-corrected chi connectivity index (χ2v) is 7.31. The molecule has 1 aromatic carbocycles. The summed E-state index contributed by atoms with van der Waals surface area (Å²) in [5.41, 5.74) is 5.37. The van der Waals surface area contributed by atoms with Crippen LogP contribution >= 0.6 is 11.6 Å². The summed E-state index contributed by atoms with van der Waals surface area (Å²) in [6.07, 6.45) is 3.29. The predicted molar refractivity (Wildman–Crippen MR) is 110 cm³/mol. The Morgan fingerprint density at radius 1 is 1.44 bits per heavy atom. The number of ether oxygens (including phenoxy) is 1. The molecule has 1 aliphatic heterocycles. The maximum absolute atomic E-state index is 11.3. The van der Waals surface area contributed by atoms with Gasteiger partial charge in [0.15, 0.2) is 5.96 Å². The van der Waals surface area contributed by atoms with Gasteiger partial charge in [-0.05, 0) is 44.2 Å². The molecule has 3 N–H and O–H groups in total. The molecule has 1 heterocycles. The predicted octanol–water partition coefficient (Wildman–Crippen LogP) is 3.05. The number of aliphatic imine (C=N–C) groups is 1. The third kappa shape index (κ3) is 6.94. The number of nitrogens with one attached hydrogen (secondary N) is 1. The number of halogens is 1. The molecule has 2 atom stereocenters. The van der Waals surface area contributed by atoms with Gasteiger partial charge in [-0.25, -0.2) is 4.99 Å². The molecule has 0 bridgehead atoms. The van der Waals surface area contributed by atoms with E-state index in [-0.39, 0.29) is 12.0 Å². The Hall–Kier alpha value is -1.95. The van der Waals surface area contributed by atoms with E-state index in [1.54, 1.807) is 0 Å². The van der Waals surface area contributed by atoms with Crippen LogP contribution in [0, 0.1) is 5.92 Å². The van der Waals surface area contributed by atoms with Gasteiger partial charge in [-0.3, -0.25) is 4.79 Å². The van der Waals surface area contributed by atoms with Gasteiger partial charge in [-0.2, -0.15) is 0 Å². The number of nitrogens with zero attached hydrogens (tertiary/aromatic N) is 2. The van der Waals surface area contributed by atoms with Gasteiger partial charge in [0.05, 0.1) is 11.6 Å². The van der Waals surface area contributed by atoms with E-state index in [1.165, 1.54) is 0 Å². The minimum atomic E-state index is -0.233. The fraction of sp³-hybridized carbons (Fsp3) is 0.600. The number of piperidine rings is 1. The van der Waals surface area contributed by atoms with Crippen molar-refractivity contribution in [3.8, 4) is 5.75 Å². The highest BCUT2D eigenvalue weighted by Crippen LogP contribution is 2.25. The summed E-state index contributed by atoms with van der Waals surface area (Å²) in [4.78, 5) is 18.3. The van der Waals surface area contributed by atoms with Crippen molar-refractivity contribution in [1.29, 1.82) is 0 Å². The Morgan fingerprint density at radius 2 is 2.22 bits per heavy atom. The van der Waals surface area contributed by atoms with Crippen LogP contribution in [-0.2, 0) is 4.79 Å². The van der Waals surface area contributed by atoms with E-state index >= 15 is 0 Å². The number of para-hydroxylation sites is 1. The topological polar surface area (TPSA) is 80.0 Å². The third-order valence-corrected chi connectivity index (χ3v) is 4.99. The summed E-state index contributed by atoms with van der Waals surface area (Å²) in [6, 6.07) is 7.49. The summed E-state index contributed by atoms with van der Waals surface area (Å²) >= 11 is 6.20. The highest BCUT2D eigenvalue weighted by Gasteiger charge is 2.23. The van der Waals surface area contributed by atoms with E-state index in [2.05, 4.69) is 24.1 Å². The lowest BCUT2D eigenvalue weighted by Crippen LogP contribution is -2.47. The number of nitrogens with two attached hydrogens (primary N) is 1. The number of likely N-dealkylation sites (tertiary alicyclic amines) is 1. The smallest absolute Gasteiger partial charge is 0.217 e. The molecule has 27 heavy (non-hydrogen) atoms. The van der Waals surface area contributed by atoms with E-state index in [9.17, 15) is 4.79 Å². The fourth-order valence-corrected chi connectivity index (χ4v) is 3.47. The first-order valence-corrected chi connectivity index (χ1v) is 10.1. The van der Waals surface area contributed by atoms with Crippen molar-refractivity contribution >= 4 is 23.5 Å². The number of amides is 1. The van der Waals surface area contributed by atoms with Crippen LogP contribution in [0.25, 0.3) is 0 Å². The Morgan fingerprint density at radius 3 is 2.89 bits per heavy atom. The van der Waals surface area contributed by atoms with Crippen molar-refractivity contribution in [2.45, 2.75) is 45.6 Å². The lowest BCUT2D eigenvalue weighted by molar-refractivity contribution is -0.119. The Labute approximate surface area is 167 Å². The summed E-state index contributed by atoms with van der Waals surface area (Å²) in [7, 11) is 0. The van der Waals surface area contributed by atoms with Crippen LogP contribution in [0.4, 0.5) is 0 Å². The van der Waals surface area contributed by atoms with Crippen molar-refractivity contribution in [2.24, 2.45) is 16.6 Å². The van der Waals surface area contributed by atoms with Crippen molar-refractivity contribution < 1.29 is 9.53 Å². The van der Waals surface area contributed by atoms with Gasteiger partial charge < -0.3 is 20.7 Å². The molecule has 1 fully saturated rings. The standard InChI is InChI=1S/C20H31ClN4O2/c1-3-16(27-18-10-6-5-9-17(18)21)13-24-20(23-4-2)25-11-7-8-15(14-25)12-19(22)26/h5-6,9-10,15-16H,3-4,7-8,11-14H2,1-2H3,(H2,22,26)(H,23,24). The summed E-state index contributed by atoms with van der Waals surface area (Å²) in [5, 5.41) is 3.97. The molecule has 150 valence electrons. The van der Waals surface area contributed by atoms with E-state index < -0.39 is 0 Å². The molecule has 0 radical (unpaired) electrons. The lowest BCUT2D eigenvalue weighted by atomic mass is 9.95. The number of carbonyl (C=O) groups is 1. The second-order valence-electron chi connectivity index (χ2n) is 6.90. The number of primary amides is 1. The zero-order valence-corrected chi connectivity index (χ0v) is 17.0. The maximum atomic E-state index is 11.3. The maximum Gasteiger partial charge on any atom is 0.217 e. The molecule has 1 amide bonds. The lowest BCUT2D eigenvalue weighted by Gasteiger charge is -2.35. The molecule has 1 saturated heterocycles. The molecule has 0 spiro atoms. The first-order valence-electron chi connectivity index (χ1n) is 9.76. The molecule has 0 saturated carbocycles. The molecule has 2 unspecified atom stereocenters. The third-order valence-electron chi connectivity index (χ3n) is 4.67. The highest BCUT2D eigenvalue weighted by atomic mass is 35.5. The SMILES string of the molecule is CCNC(=NCC(CC)Oc1ccccc1Cl)N1CCCC(CC(N)=O)C1. The van der Waals surface area contributed by atoms with Crippen molar-refractivity contribution in [3.63, 3.8) is 0 Å². The van der Waals surface area contributed by atoms with Gasteiger partial charge in [0.25, 0.3) is 0 Å². The van der Waals surface area contributed by atoms with E-state index in [4.69, 9.17) is 27.1 Å². The van der Waals surface area contributed by atoms with Crippen molar-refractivity contribution in [1.82, 2.24) is 10.2 Å². The molecular weight excluding hydrogens is 364 g/mol. The Kier molecular flexibility index (Phi) is 8.72. The number of benzene rings is 1.